The summed E-state index contributed by atoms with van der Waals surface area (Å²) in [5.74, 6) is 0. The van der Waals surface area contributed by atoms with Crippen LogP contribution >= 0.6 is 0 Å². The van der Waals surface area contributed by atoms with Crippen molar-refractivity contribution in [2.75, 3.05) is 34.0 Å². The van der Waals surface area contributed by atoms with Gasteiger partial charge in [-0.15, -0.1) is 0 Å². The Bertz CT molecular complexity index is 848. The van der Waals surface area contributed by atoms with Gasteiger partial charge in [0.25, 0.3) is 0 Å². The van der Waals surface area contributed by atoms with Crippen LogP contribution in [0.25, 0.3) is 0 Å². The number of benzene rings is 1. The Morgan fingerprint density at radius 2 is 1.62 bits per heavy atom. The van der Waals surface area contributed by atoms with E-state index in [4.69, 9.17) is 42.3 Å². The molecule has 9 atom stereocenters. The highest BCUT2D eigenvalue weighted by molar-refractivity contribution is 6.74. The average Bonchev–Trinajstić information content (AvgIpc) is 2.87. The van der Waals surface area contributed by atoms with Gasteiger partial charge in [0.2, 0.25) is 0 Å². The van der Waals surface area contributed by atoms with Crippen molar-refractivity contribution in [3.63, 3.8) is 0 Å². The van der Waals surface area contributed by atoms with Gasteiger partial charge >= 0.3 is 0 Å². The van der Waals surface area contributed by atoms with Crippen LogP contribution < -0.4 is 0 Å². The normalized spacial score (nSPS) is 37.2. The van der Waals surface area contributed by atoms with E-state index in [9.17, 15) is 0 Å². The minimum Gasteiger partial charge on any atom is -0.409 e. The van der Waals surface area contributed by atoms with Crippen molar-refractivity contribution in [3.8, 4) is 0 Å². The summed E-state index contributed by atoms with van der Waals surface area (Å²) in [7, 11) is 1.23. The lowest BCUT2D eigenvalue weighted by molar-refractivity contribution is -0.370. The Labute approximate surface area is 222 Å². The van der Waals surface area contributed by atoms with E-state index in [1.165, 1.54) is 0 Å². The third-order valence-corrected chi connectivity index (χ3v) is 12.4. The number of hydrogen-bond acceptors (Lipinski definition) is 9. The van der Waals surface area contributed by atoms with Gasteiger partial charge in [0.15, 0.2) is 27.2 Å². The van der Waals surface area contributed by atoms with Gasteiger partial charge < -0.3 is 42.3 Å². The highest BCUT2D eigenvalue weighted by Gasteiger charge is 2.51. The molecule has 37 heavy (non-hydrogen) atoms. The molecule has 3 heterocycles. The predicted molar refractivity (Wildman–Crippen MR) is 139 cm³/mol. The maximum absolute atomic E-state index is 6.65. The van der Waals surface area contributed by atoms with E-state index in [-0.39, 0.29) is 42.4 Å². The zero-order chi connectivity index (χ0) is 26.8. The first-order valence-corrected chi connectivity index (χ1v) is 16.0. The Kier molecular flexibility index (Phi) is 9.49. The molecule has 0 aliphatic carbocycles. The largest absolute Gasteiger partial charge is 0.409 e. The van der Waals surface area contributed by atoms with E-state index in [0.29, 0.717) is 13.2 Å². The molecule has 4 rings (SSSR count). The quantitative estimate of drug-likeness (QED) is 0.454. The van der Waals surface area contributed by atoms with Gasteiger partial charge in [-0.05, 0) is 25.1 Å². The summed E-state index contributed by atoms with van der Waals surface area (Å²) < 4.78 is 55.2. The van der Waals surface area contributed by atoms with E-state index in [1.54, 1.807) is 14.2 Å². The lowest BCUT2D eigenvalue weighted by Crippen LogP contribution is -2.63. The second kappa shape index (κ2) is 12.1. The van der Waals surface area contributed by atoms with Crippen molar-refractivity contribution in [2.24, 2.45) is 0 Å². The summed E-state index contributed by atoms with van der Waals surface area (Å²) in [6.45, 7) is 14.1. The molecule has 0 radical (unpaired) electrons. The molecular weight excluding hydrogens is 496 g/mol. The Balaban J connectivity index is 1.43. The average molecular weight is 541 g/mol. The summed E-state index contributed by atoms with van der Waals surface area (Å²) in [5.41, 5.74) is 0.946. The van der Waals surface area contributed by atoms with E-state index in [0.717, 1.165) is 5.56 Å². The molecule has 1 aromatic rings. The van der Waals surface area contributed by atoms with Crippen molar-refractivity contribution in [1.82, 2.24) is 0 Å². The van der Waals surface area contributed by atoms with Crippen molar-refractivity contribution in [1.29, 1.82) is 0 Å². The molecule has 1 aromatic carbocycles. The van der Waals surface area contributed by atoms with Gasteiger partial charge in [0.1, 0.15) is 30.5 Å². The van der Waals surface area contributed by atoms with Gasteiger partial charge in [-0.25, -0.2) is 0 Å². The van der Waals surface area contributed by atoms with Crippen molar-refractivity contribution in [2.45, 2.75) is 101 Å². The standard InChI is InChI=1S/C27H44O9Si/c1-17-30-15-20(36-37(7,8)27(2,3)4)19(33-17)14-32-26-24(29-6)23(28-5)22-21(34-26)16-31-25(35-22)18-12-10-9-11-13-18/h9-13,17,19-26H,14-16H2,1-8H3/t17?,19-,20+,21?,22+,23-,24?,25?,26+/m0/s1. The molecule has 3 fully saturated rings. The lowest BCUT2D eigenvalue weighted by Gasteiger charge is -2.48. The number of rotatable bonds is 8. The van der Waals surface area contributed by atoms with Crippen LogP contribution in [0, 0.1) is 0 Å². The maximum Gasteiger partial charge on any atom is 0.192 e. The van der Waals surface area contributed by atoms with Gasteiger partial charge in [0.05, 0.1) is 25.9 Å². The van der Waals surface area contributed by atoms with Crippen LogP contribution in [-0.4, -0.2) is 91.6 Å². The minimum atomic E-state index is -2.04. The first kappa shape index (κ1) is 29.1. The van der Waals surface area contributed by atoms with E-state index in [1.807, 2.05) is 37.3 Å². The van der Waals surface area contributed by atoms with E-state index < -0.39 is 33.1 Å². The summed E-state index contributed by atoms with van der Waals surface area (Å²) in [4.78, 5) is 0. The molecule has 3 aliphatic rings. The second-order valence-corrected chi connectivity index (χ2v) is 16.2. The fourth-order valence-electron chi connectivity index (χ4n) is 4.69. The Morgan fingerprint density at radius 1 is 0.919 bits per heavy atom. The van der Waals surface area contributed by atoms with E-state index >= 15 is 0 Å². The number of fused-ring (bicyclic) bond motifs is 1. The van der Waals surface area contributed by atoms with Crippen molar-refractivity contribution in [3.05, 3.63) is 35.9 Å². The maximum atomic E-state index is 6.65. The zero-order valence-corrected chi connectivity index (χ0v) is 24.4. The first-order valence-electron chi connectivity index (χ1n) is 13.1. The third-order valence-electron chi connectivity index (χ3n) is 7.85. The summed E-state index contributed by atoms with van der Waals surface area (Å²) in [5, 5.41) is 0.0639. The molecule has 0 spiro atoms. The Morgan fingerprint density at radius 3 is 2.27 bits per heavy atom. The van der Waals surface area contributed by atoms with E-state index in [2.05, 4.69) is 33.9 Å². The molecule has 0 amide bonds. The summed E-state index contributed by atoms with van der Waals surface area (Å²) >= 11 is 0. The molecule has 0 aromatic heterocycles. The SMILES string of the molecule is COC1[C@H](OC[C@@H]2OC(C)OC[C@H]2O[Si](C)(C)C(C)(C)C)OC2COC(c3ccccc3)O[C@H]2[C@@H]1OC. The zero-order valence-electron chi connectivity index (χ0n) is 23.4. The van der Waals surface area contributed by atoms with Crippen LogP contribution in [0.1, 0.15) is 39.5 Å². The second-order valence-electron chi connectivity index (χ2n) is 11.4. The highest BCUT2D eigenvalue weighted by atomic mass is 28.4. The van der Waals surface area contributed by atoms with Crippen LogP contribution in [0.2, 0.25) is 18.1 Å². The van der Waals surface area contributed by atoms with Crippen LogP contribution in [0.15, 0.2) is 30.3 Å². The minimum absolute atomic E-state index is 0.0639. The highest BCUT2D eigenvalue weighted by Crippen LogP contribution is 2.39. The topological polar surface area (TPSA) is 83.1 Å². The molecule has 10 heteroatoms. The number of hydrogen-bond donors (Lipinski definition) is 0. The van der Waals surface area contributed by atoms with Gasteiger partial charge in [-0.2, -0.15) is 0 Å². The molecule has 0 bridgehead atoms. The monoisotopic (exact) mass is 540 g/mol. The van der Waals surface area contributed by atoms with Crippen LogP contribution in [0.4, 0.5) is 0 Å². The first-order chi connectivity index (χ1) is 17.5. The molecule has 4 unspecified atom stereocenters. The van der Waals surface area contributed by atoms with Crippen LogP contribution in [0.5, 0.6) is 0 Å². The molecule has 3 aliphatic heterocycles. The lowest BCUT2D eigenvalue weighted by atomic mass is 9.97. The van der Waals surface area contributed by atoms with Crippen molar-refractivity contribution < 1.29 is 42.3 Å². The summed E-state index contributed by atoms with van der Waals surface area (Å²) in [6, 6.07) is 9.84. The van der Waals surface area contributed by atoms with Gasteiger partial charge in [0, 0.05) is 19.8 Å². The van der Waals surface area contributed by atoms with Crippen LogP contribution in [-0.2, 0) is 42.3 Å². The Hall–Kier alpha value is -0.923. The number of methoxy groups -OCH3 is 2. The predicted octanol–water partition coefficient (Wildman–Crippen LogP) is 4.02. The fraction of sp³-hybridized carbons (Fsp3) is 0.778. The summed E-state index contributed by atoms with van der Waals surface area (Å²) in [6.07, 6.45) is -3.71. The van der Waals surface area contributed by atoms with Gasteiger partial charge in [-0.3, -0.25) is 0 Å². The number of ether oxygens (including phenoxy) is 8. The van der Waals surface area contributed by atoms with Gasteiger partial charge in [-0.1, -0.05) is 51.1 Å². The molecular formula is C27H44O9Si. The molecule has 210 valence electrons. The van der Waals surface area contributed by atoms with Crippen LogP contribution in [0.3, 0.4) is 0 Å². The smallest absolute Gasteiger partial charge is 0.192 e. The fourth-order valence-corrected chi connectivity index (χ4v) is 6.02. The van der Waals surface area contributed by atoms with Crippen molar-refractivity contribution >= 4 is 8.32 Å². The molecule has 9 nitrogen and oxygen atoms in total. The molecule has 3 saturated heterocycles. The molecule has 0 saturated carbocycles. The molecule has 0 N–H and O–H groups in total. The third kappa shape index (κ3) is 6.63.